The number of hydrogen-bond acceptors (Lipinski definition) is 3. The molecule has 0 saturated heterocycles. The van der Waals surface area contributed by atoms with E-state index in [0.29, 0.717) is 5.92 Å². The predicted octanol–water partition coefficient (Wildman–Crippen LogP) is 7.95. The molecule has 3 aromatic carbocycles. The van der Waals surface area contributed by atoms with Crippen LogP contribution in [0, 0.1) is 0 Å². The molecule has 2 aliphatic heterocycles. The standard InChI is InChI=1S/C35H33N3/c1-24-20-25(2)37-35(36-24)29-18-16-27(17-19-29)32-22-33(28-12-7-4-8-13-28)38-34(23-32)31-15-9-14-30(21-31)26-10-5-3-6-11-26/h3-10,12-21,23-24,26,33H,11,22H2,1-2H3,(H,36,37). The van der Waals surface area contributed by atoms with Crippen molar-refractivity contribution in [2.24, 2.45) is 9.98 Å². The predicted molar refractivity (Wildman–Crippen MR) is 160 cm³/mol. The fourth-order valence-electron chi connectivity index (χ4n) is 5.52. The summed E-state index contributed by atoms with van der Waals surface area (Å²) in [6, 6.07) is 28.8. The summed E-state index contributed by atoms with van der Waals surface area (Å²) in [6.45, 7) is 4.21. The number of aliphatic imine (C=N–C) groups is 2. The van der Waals surface area contributed by atoms with Gasteiger partial charge in [0.1, 0.15) is 5.84 Å². The van der Waals surface area contributed by atoms with E-state index >= 15 is 0 Å². The van der Waals surface area contributed by atoms with Gasteiger partial charge in [0.2, 0.25) is 0 Å². The van der Waals surface area contributed by atoms with Gasteiger partial charge in [0.05, 0.1) is 11.8 Å². The molecule has 3 aliphatic rings. The second-order valence-electron chi connectivity index (χ2n) is 10.4. The normalized spacial score (nSPS) is 22.6. The van der Waals surface area contributed by atoms with Gasteiger partial charge in [-0.05, 0) is 72.7 Å². The van der Waals surface area contributed by atoms with E-state index in [1.165, 1.54) is 27.8 Å². The molecule has 1 N–H and O–H groups in total. The van der Waals surface area contributed by atoms with Crippen LogP contribution in [0.1, 0.15) is 66.5 Å². The lowest BCUT2D eigenvalue weighted by molar-refractivity contribution is 0.747. The summed E-state index contributed by atoms with van der Waals surface area (Å²) in [6.07, 6.45) is 15.2. The monoisotopic (exact) mass is 495 g/mol. The number of benzene rings is 3. The molecule has 0 aromatic heterocycles. The van der Waals surface area contributed by atoms with Crippen LogP contribution < -0.4 is 5.32 Å². The highest BCUT2D eigenvalue weighted by atomic mass is 15.0. The third kappa shape index (κ3) is 5.24. The highest BCUT2D eigenvalue weighted by Gasteiger charge is 2.21. The maximum absolute atomic E-state index is 5.26. The second-order valence-corrected chi connectivity index (χ2v) is 10.4. The van der Waals surface area contributed by atoms with Gasteiger partial charge in [0.25, 0.3) is 0 Å². The number of amidine groups is 1. The summed E-state index contributed by atoms with van der Waals surface area (Å²) >= 11 is 0. The van der Waals surface area contributed by atoms with Crippen LogP contribution in [0.2, 0.25) is 0 Å². The highest BCUT2D eigenvalue weighted by molar-refractivity contribution is 6.13. The van der Waals surface area contributed by atoms with Crippen LogP contribution in [0.15, 0.2) is 131 Å². The van der Waals surface area contributed by atoms with Crippen molar-refractivity contribution < 1.29 is 0 Å². The van der Waals surface area contributed by atoms with Gasteiger partial charge >= 0.3 is 0 Å². The molecule has 38 heavy (non-hydrogen) atoms. The summed E-state index contributed by atoms with van der Waals surface area (Å²) in [7, 11) is 0. The SMILES string of the molecule is CC1=CC(C)NC(c2ccc(C3=CC(c4cccc(C5C=CC=CC5)c4)=NC(c4ccccc4)C3)cc2)=N1. The molecule has 3 aromatic rings. The highest BCUT2D eigenvalue weighted by Crippen LogP contribution is 2.36. The fraction of sp³-hybridized carbons (Fsp3) is 0.200. The van der Waals surface area contributed by atoms with E-state index in [0.717, 1.165) is 35.6 Å². The van der Waals surface area contributed by atoms with Crippen molar-refractivity contribution >= 4 is 17.1 Å². The van der Waals surface area contributed by atoms with Gasteiger partial charge in [-0.15, -0.1) is 0 Å². The number of nitrogens with zero attached hydrogens (tertiary/aromatic N) is 2. The zero-order valence-corrected chi connectivity index (χ0v) is 22.0. The third-order valence-corrected chi connectivity index (χ3v) is 7.47. The molecular formula is C35H33N3. The number of allylic oxidation sites excluding steroid dienone is 6. The maximum Gasteiger partial charge on any atom is 0.133 e. The summed E-state index contributed by atoms with van der Waals surface area (Å²) in [5.41, 5.74) is 9.53. The average Bonchev–Trinajstić information content (AvgIpc) is 2.97. The Morgan fingerprint density at radius 1 is 0.816 bits per heavy atom. The zero-order chi connectivity index (χ0) is 25.9. The Labute approximate surface area is 225 Å². The molecule has 0 amide bonds. The van der Waals surface area contributed by atoms with Crippen LogP contribution in [-0.4, -0.2) is 17.6 Å². The van der Waals surface area contributed by atoms with Crippen LogP contribution in [0.3, 0.4) is 0 Å². The minimum absolute atomic E-state index is 0.0880. The number of hydrogen-bond donors (Lipinski definition) is 1. The molecule has 0 bridgehead atoms. The molecule has 3 heteroatoms. The van der Waals surface area contributed by atoms with E-state index in [1.54, 1.807) is 0 Å². The largest absolute Gasteiger partial charge is 0.364 e. The first-order valence-electron chi connectivity index (χ1n) is 13.5. The van der Waals surface area contributed by atoms with Crippen molar-refractivity contribution in [2.45, 2.75) is 44.7 Å². The van der Waals surface area contributed by atoms with Crippen LogP contribution >= 0.6 is 0 Å². The smallest absolute Gasteiger partial charge is 0.133 e. The number of nitrogens with one attached hydrogen (secondary N) is 1. The lowest BCUT2D eigenvalue weighted by atomic mass is 9.87. The minimum Gasteiger partial charge on any atom is -0.364 e. The lowest BCUT2D eigenvalue weighted by Gasteiger charge is -2.23. The van der Waals surface area contributed by atoms with Crippen LogP contribution in [0.25, 0.3) is 5.57 Å². The van der Waals surface area contributed by atoms with E-state index in [9.17, 15) is 0 Å². The molecule has 3 nitrogen and oxygen atoms in total. The third-order valence-electron chi connectivity index (χ3n) is 7.47. The van der Waals surface area contributed by atoms with Crippen molar-refractivity contribution in [3.05, 3.63) is 149 Å². The first-order chi connectivity index (χ1) is 18.6. The Morgan fingerprint density at radius 2 is 1.61 bits per heavy atom. The molecule has 1 aliphatic carbocycles. The van der Waals surface area contributed by atoms with E-state index in [1.807, 2.05) is 0 Å². The van der Waals surface area contributed by atoms with Gasteiger partial charge < -0.3 is 5.32 Å². The molecule has 0 saturated carbocycles. The molecule has 0 spiro atoms. The van der Waals surface area contributed by atoms with Gasteiger partial charge in [0.15, 0.2) is 0 Å². The molecule has 2 heterocycles. The van der Waals surface area contributed by atoms with Crippen LogP contribution in [-0.2, 0) is 0 Å². The van der Waals surface area contributed by atoms with E-state index in [4.69, 9.17) is 9.98 Å². The quantitative estimate of drug-likeness (QED) is 0.383. The average molecular weight is 496 g/mol. The van der Waals surface area contributed by atoms with Gasteiger partial charge in [-0.2, -0.15) is 0 Å². The topological polar surface area (TPSA) is 36.8 Å². The minimum atomic E-state index is 0.0880. The van der Waals surface area contributed by atoms with Gasteiger partial charge in [-0.1, -0.05) is 97.1 Å². The Hall–Kier alpha value is -4.24. The molecule has 0 radical (unpaired) electrons. The van der Waals surface area contributed by atoms with E-state index in [-0.39, 0.29) is 12.1 Å². The summed E-state index contributed by atoms with van der Waals surface area (Å²) in [5.74, 6) is 1.36. The second kappa shape index (κ2) is 10.6. The van der Waals surface area contributed by atoms with E-state index < -0.39 is 0 Å². The molecular weight excluding hydrogens is 462 g/mol. The Balaban J connectivity index is 1.35. The molecule has 3 atom stereocenters. The maximum atomic E-state index is 5.26. The number of dihydropyridines is 1. The molecule has 3 unspecified atom stereocenters. The Morgan fingerprint density at radius 3 is 2.37 bits per heavy atom. The van der Waals surface area contributed by atoms with E-state index in [2.05, 4.69) is 134 Å². The van der Waals surface area contributed by atoms with Gasteiger partial charge in [-0.25, -0.2) is 4.99 Å². The van der Waals surface area contributed by atoms with Crippen LogP contribution in [0.4, 0.5) is 0 Å². The fourth-order valence-corrected chi connectivity index (χ4v) is 5.52. The lowest BCUT2D eigenvalue weighted by Crippen LogP contribution is -2.34. The van der Waals surface area contributed by atoms with Crippen molar-refractivity contribution in [1.82, 2.24) is 5.32 Å². The first kappa shape index (κ1) is 24.1. The summed E-state index contributed by atoms with van der Waals surface area (Å²) in [4.78, 5) is 9.98. The molecule has 6 rings (SSSR count). The Bertz CT molecular complexity index is 1500. The zero-order valence-electron chi connectivity index (χ0n) is 22.0. The van der Waals surface area contributed by atoms with Crippen molar-refractivity contribution in [3.8, 4) is 0 Å². The summed E-state index contributed by atoms with van der Waals surface area (Å²) < 4.78 is 0. The molecule has 188 valence electrons. The first-order valence-corrected chi connectivity index (χ1v) is 13.5. The Kier molecular flexibility index (Phi) is 6.75. The van der Waals surface area contributed by atoms with Gasteiger partial charge in [0, 0.05) is 23.2 Å². The summed E-state index contributed by atoms with van der Waals surface area (Å²) in [5, 5.41) is 3.48. The van der Waals surface area contributed by atoms with Crippen LogP contribution in [0.5, 0.6) is 0 Å². The van der Waals surface area contributed by atoms with Crippen molar-refractivity contribution in [1.29, 1.82) is 0 Å². The number of rotatable bonds is 5. The van der Waals surface area contributed by atoms with Crippen molar-refractivity contribution in [2.75, 3.05) is 0 Å². The van der Waals surface area contributed by atoms with Gasteiger partial charge in [-0.3, -0.25) is 4.99 Å². The molecule has 0 fully saturated rings. The van der Waals surface area contributed by atoms with Crippen molar-refractivity contribution in [3.63, 3.8) is 0 Å².